The molecule has 0 saturated carbocycles. The molecule has 0 radical (unpaired) electrons. The quantitative estimate of drug-likeness (QED) is 0.529. The van der Waals surface area contributed by atoms with E-state index in [1.165, 1.54) is 18.2 Å². The van der Waals surface area contributed by atoms with Gasteiger partial charge in [0.15, 0.2) is 15.7 Å². The van der Waals surface area contributed by atoms with Crippen LogP contribution in [0, 0.1) is 5.82 Å². The molecule has 1 fully saturated rings. The second-order valence-corrected chi connectivity index (χ2v) is 11.0. The highest BCUT2D eigenvalue weighted by atomic mass is 32.2. The molecule has 184 valence electrons. The van der Waals surface area contributed by atoms with Gasteiger partial charge in [-0.05, 0) is 51.3 Å². The van der Waals surface area contributed by atoms with Gasteiger partial charge in [-0.1, -0.05) is 18.2 Å². The first-order chi connectivity index (χ1) is 16.7. The van der Waals surface area contributed by atoms with E-state index >= 15 is 4.39 Å². The van der Waals surface area contributed by atoms with Crippen LogP contribution in [-0.4, -0.2) is 43.2 Å². The average Bonchev–Trinajstić information content (AvgIpc) is 2.84. The highest BCUT2D eigenvalue weighted by Crippen LogP contribution is 2.41. The van der Waals surface area contributed by atoms with Crippen molar-refractivity contribution in [3.05, 3.63) is 65.9 Å². The fourth-order valence-electron chi connectivity index (χ4n) is 4.22. The molecule has 0 bridgehead atoms. The fraction of sp³-hybridized carbons (Fsp3) is 0.346. The maximum absolute atomic E-state index is 16.4. The van der Waals surface area contributed by atoms with Crippen molar-refractivity contribution in [3.8, 4) is 22.4 Å². The summed E-state index contributed by atoms with van der Waals surface area (Å²) in [6.45, 7) is 4.13. The number of nitrogens with zero attached hydrogens (tertiary/aromatic N) is 2. The maximum atomic E-state index is 16.4. The Bertz CT molecular complexity index is 1340. The van der Waals surface area contributed by atoms with E-state index in [9.17, 15) is 13.2 Å². The number of sulfone groups is 1. The standard InChI is InChI=1S/C26H28FN3O4S/c1-16(2)29-26(31)25-21(18-9-7-12-28-15-18)22(20-11-4-5-13-34-20)23(27)24(30-25)17-8-6-10-19(14-17)35(3,32)33/h6-10,12,14-16,20H,4-5,11,13H2,1-3H3,(H,29,31). The fourth-order valence-corrected chi connectivity index (χ4v) is 4.88. The lowest BCUT2D eigenvalue weighted by Crippen LogP contribution is -2.32. The van der Waals surface area contributed by atoms with E-state index in [1.807, 2.05) is 13.8 Å². The molecule has 1 saturated heterocycles. The largest absolute Gasteiger partial charge is 0.373 e. The van der Waals surface area contributed by atoms with Crippen LogP contribution in [0.15, 0.2) is 53.7 Å². The predicted octanol–water partition coefficient (Wildman–Crippen LogP) is 4.73. The Hall–Kier alpha value is -3.17. The molecule has 9 heteroatoms. The molecule has 1 aliphatic heterocycles. The van der Waals surface area contributed by atoms with Crippen molar-refractivity contribution in [2.45, 2.75) is 50.2 Å². The van der Waals surface area contributed by atoms with Crippen LogP contribution in [-0.2, 0) is 14.6 Å². The van der Waals surface area contributed by atoms with Gasteiger partial charge in [-0.3, -0.25) is 9.78 Å². The second-order valence-electron chi connectivity index (χ2n) is 8.94. The Labute approximate surface area is 204 Å². The number of nitrogens with one attached hydrogen (secondary N) is 1. The first-order valence-corrected chi connectivity index (χ1v) is 13.4. The van der Waals surface area contributed by atoms with Crippen molar-refractivity contribution < 1.29 is 22.3 Å². The molecule has 3 aromatic rings. The van der Waals surface area contributed by atoms with Gasteiger partial charge in [-0.25, -0.2) is 17.8 Å². The minimum atomic E-state index is -3.53. The van der Waals surface area contributed by atoms with Gasteiger partial charge in [0.1, 0.15) is 11.4 Å². The summed E-state index contributed by atoms with van der Waals surface area (Å²) in [4.78, 5) is 22.0. The van der Waals surface area contributed by atoms with E-state index in [0.29, 0.717) is 24.2 Å². The Morgan fingerprint density at radius 3 is 2.57 bits per heavy atom. The van der Waals surface area contributed by atoms with Crippen molar-refractivity contribution in [3.63, 3.8) is 0 Å². The SMILES string of the molecule is CC(C)NC(=O)c1nc(-c2cccc(S(C)(=O)=O)c2)c(F)c(C2CCCCO2)c1-c1cccnc1. The number of pyridine rings is 2. The van der Waals surface area contributed by atoms with Gasteiger partial charge in [-0.15, -0.1) is 0 Å². The van der Waals surface area contributed by atoms with Gasteiger partial charge in [0.05, 0.1) is 11.0 Å². The first kappa shape index (κ1) is 24.9. The number of hydrogen-bond donors (Lipinski definition) is 1. The van der Waals surface area contributed by atoms with E-state index < -0.39 is 27.7 Å². The lowest BCUT2D eigenvalue weighted by Gasteiger charge is -2.27. The molecule has 1 unspecified atom stereocenters. The van der Waals surface area contributed by atoms with Crippen LogP contribution < -0.4 is 5.32 Å². The number of carbonyl (C=O) groups is 1. The number of benzene rings is 1. The molecule has 7 nitrogen and oxygen atoms in total. The third-order valence-electron chi connectivity index (χ3n) is 5.80. The molecule has 4 rings (SSSR count). The van der Waals surface area contributed by atoms with Gasteiger partial charge in [0, 0.05) is 53.6 Å². The van der Waals surface area contributed by atoms with Crippen molar-refractivity contribution in [2.24, 2.45) is 0 Å². The molecule has 1 aliphatic rings. The summed E-state index contributed by atoms with van der Waals surface area (Å²) in [7, 11) is -3.53. The summed E-state index contributed by atoms with van der Waals surface area (Å²) in [6, 6.07) is 9.23. The third-order valence-corrected chi connectivity index (χ3v) is 6.91. The number of amides is 1. The van der Waals surface area contributed by atoms with Gasteiger partial charge in [0.2, 0.25) is 0 Å². The van der Waals surface area contributed by atoms with Crippen LogP contribution in [0.25, 0.3) is 22.4 Å². The number of rotatable bonds is 6. The molecule has 0 spiro atoms. The Morgan fingerprint density at radius 2 is 1.94 bits per heavy atom. The van der Waals surface area contributed by atoms with E-state index in [0.717, 1.165) is 19.1 Å². The van der Waals surface area contributed by atoms with Crippen LogP contribution in [0.4, 0.5) is 4.39 Å². The molecule has 0 aliphatic carbocycles. The van der Waals surface area contributed by atoms with Gasteiger partial charge in [-0.2, -0.15) is 0 Å². The highest BCUT2D eigenvalue weighted by molar-refractivity contribution is 7.90. The average molecular weight is 498 g/mol. The monoisotopic (exact) mass is 497 g/mol. The molecule has 1 aromatic carbocycles. The van der Waals surface area contributed by atoms with Crippen LogP contribution in [0.3, 0.4) is 0 Å². The van der Waals surface area contributed by atoms with Crippen LogP contribution in [0.5, 0.6) is 0 Å². The molecule has 35 heavy (non-hydrogen) atoms. The van der Waals surface area contributed by atoms with Gasteiger partial charge >= 0.3 is 0 Å². The number of carbonyl (C=O) groups excluding carboxylic acids is 1. The number of aromatic nitrogens is 2. The zero-order valence-electron chi connectivity index (χ0n) is 19.9. The van der Waals surface area contributed by atoms with Crippen molar-refractivity contribution in [1.29, 1.82) is 0 Å². The number of hydrogen-bond acceptors (Lipinski definition) is 6. The topological polar surface area (TPSA) is 98.2 Å². The molecule has 1 atom stereocenters. The van der Waals surface area contributed by atoms with E-state index in [4.69, 9.17) is 4.74 Å². The predicted molar refractivity (Wildman–Crippen MR) is 131 cm³/mol. The van der Waals surface area contributed by atoms with Crippen LogP contribution in [0.1, 0.15) is 55.3 Å². The summed E-state index contributed by atoms with van der Waals surface area (Å²) in [5.41, 5.74) is 1.33. The highest BCUT2D eigenvalue weighted by Gasteiger charge is 2.32. The summed E-state index contributed by atoms with van der Waals surface area (Å²) >= 11 is 0. The van der Waals surface area contributed by atoms with Gasteiger partial charge in [0.25, 0.3) is 5.91 Å². The molecule has 1 N–H and O–H groups in total. The van der Waals surface area contributed by atoms with Gasteiger partial charge < -0.3 is 10.1 Å². The zero-order chi connectivity index (χ0) is 25.2. The smallest absolute Gasteiger partial charge is 0.270 e. The Morgan fingerprint density at radius 1 is 1.17 bits per heavy atom. The van der Waals surface area contributed by atoms with Crippen molar-refractivity contribution in [1.82, 2.24) is 15.3 Å². The lowest BCUT2D eigenvalue weighted by atomic mass is 9.90. The number of halogens is 1. The first-order valence-electron chi connectivity index (χ1n) is 11.5. The number of ether oxygens (including phenoxy) is 1. The molecular formula is C26H28FN3O4S. The Balaban J connectivity index is 2.05. The zero-order valence-corrected chi connectivity index (χ0v) is 20.7. The van der Waals surface area contributed by atoms with Crippen LogP contribution >= 0.6 is 0 Å². The van der Waals surface area contributed by atoms with Crippen molar-refractivity contribution in [2.75, 3.05) is 12.9 Å². The second kappa shape index (κ2) is 10.2. The Kier molecular flexibility index (Phi) is 7.28. The maximum Gasteiger partial charge on any atom is 0.270 e. The normalized spacial score (nSPS) is 16.3. The molecule has 3 heterocycles. The van der Waals surface area contributed by atoms with Crippen molar-refractivity contribution >= 4 is 15.7 Å². The lowest BCUT2D eigenvalue weighted by molar-refractivity contribution is 0.0132. The minimum Gasteiger partial charge on any atom is -0.373 e. The molecule has 1 amide bonds. The summed E-state index contributed by atoms with van der Waals surface area (Å²) in [5, 5.41) is 2.85. The summed E-state index contributed by atoms with van der Waals surface area (Å²) < 4.78 is 46.6. The van der Waals surface area contributed by atoms with E-state index in [1.54, 1.807) is 30.6 Å². The molecule has 2 aromatic heterocycles. The third kappa shape index (κ3) is 5.41. The summed E-state index contributed by atoms with van der Waals surface area (Å²) in [5.74, 6) is -1.10. The minimum absolute atomic E-state index is 0.0381. The summed E-state index contributed by atoms with van der Waals surface area (Å²) in [6.07, 6.45) is 5.99. The van der Waals surface area contributed by atoms with E-state index in [2.05, 4.69) is 15.3 Å². The van der Waals surface area contributed by atoms with E-state index in [-0.39, 0.29) is 33.5 Å². The molecular weight excluding hydrogens is 469 g/mol. The van der Waals surface area contributed by atoms with Crippen LogP contribution in [0.2, 0.25) is 0 Å².